The highest BCUT2D eigenvalue weighted by Crippen LogP contribution is 2.25. The number of anilines is 2. The van der Waals surface area contributed by atoms with Crippen LogP contribution in [0.15, 0.2) is 12.3 Å². The van der Waals surface area contributed by atoms with E-state index in [-0.39, 0.29) is 5.60 Å². The molecule has 1 saturated heterocycles. The topological polar surface area (TPSA) is 59.1 Å². The van der Waals surface area contributed by atoms with Crippen LogP contribution < -0.4 is 10.6 Å². The second kappa shape index (κ2) is 5.31. The molecule has 2 N–H and O–H groups in total. The predicted octanol–water partition coefficient (Wildman–Crippen LogP) is 1.89. The second-order valence-electron chi connectivity index (χ2n) is 4.55. The Labute approximate surface area is 102 Å². The van der Waals surface area contributed by atoms with Gasteiger partial charge in [0.2, 0.25) is 5.95 Å². The van der Waals surface area contributed by atoms with E-state index in [1.165, 1.54) is 0 Å². The first-order chi connectivity index (χ1) is 8.22. The molecular formula is C12H20N4O. The third kappa shape index (κ3) is 3.30. The van der Waals surface area contributed by atoms with Crippen LogP contribution in [-0.2, 0) is 4.74 Å². The number of rotatable bonds is 5. The fraction of sp³-hybridized carbons (Fsp3) is 0.667. The van der Waals surface area contributed by atoms with Gasteiger partial charge in [-0.1, -0.05) is 0 Å². The highest BCUT2D eigenvalue weighted by atomic mass is 16.5. The molecule has 1 atom stereocenters. The third-order valence-electron chi connectivity index (χ3n) is 2.93. The Morgan fingerprint density at radius 1 is 1.47 bits per heavy atom. The Balaban J connectivity index is 1.91. The van der Waals surface area contributed by atoms with Crippen molar-refractivity contribution >= 4 is 11.8 Å². The molecule has 17 heavy (non-hydrogen) atoms. The van der Waals surface area contributed by atoms with E-state index in [1.54, 1.807) is 6.20 Å². The first-order valence-electron chi connectivity index (χ1n) is 6.17. The van der Waals surface area contributed by atoms with E-state index in [0.717, 1.165) is 38.4 Å². The molecule has 5 heteroatoms. The van der Waals surface area contributed by atoms with Gasteiger partial charge in [-0.05, 0) is 32.8 Å². The Morgan fingerprint density at radius 3 is 3.06 bits per heavy atom. The Hall–Kier alpha value is -1.36. The first-order valence-corrected chi connectivity index (χ1v) is 6.17. The van der Waals surface area contributed by atoms with Gasteiger partial charge in [0.05, 0.1) is 5.60 Å². The van der Waals surface area contributed by atoms with E-state index in [0.29, 0.717) is 5.95 Å². The van der Waals surface area contributed by atoms with E-state index in [4.69, 9.17) is 4.74 Å². The molecule has 1 aliphatic rings. The highest BCUT2D eigenvalue weighted by Gasteiger charge is 2.29. The molecule has 1 unspecified atom stereocenters. The summed E-state index contributed by atoms with van der Waals surface area (Å²) in [4.78, 5) is 8.50. The maximum absolute atomic E-state index is 5.72. The molecule has 5 nitrogen and oxygen atoms in total. The smallest absolute Gasteiger partial charge is 0.224 e. The monoisotopic (exact) mass is 236 g/mol. The maximum atomic E-state index is 5.72. The molecule has 2 rings (SSSR count). The van der Waals surface area contributed by atoms with Gasteiger partial charge in [-0.3, -0.25) is 0 Å². The fourth-order valence-corrected chi connectivity index (χ4v) is 1.95. The minimum atomic E-state index is -0.0523. The summed E-state index contributed by atoms with van der Waals surface area (Å²) in [5.41, 5.74) is -0.0523. The summed E-state index contributed by atoms with van der Waals surface area (Å²) in [5, 5.41) is 6.40. The number of ether oxygens (including phenoxy) is 1. The standard InChI is InChI=1S/C12H20N4O/c1-3-13-11-14-7-5-10(16-11)15-9-12(2)6-4-8-17-12/h5,7H,3-4,6,8-9H2,1-2H3,(H2,13,14,15,16). The average molecular weight is 236 g/mol. The zero-order chi connectivity index (χ0) is 12.1. The molecule has 1 fully saturated rings. The van der Waals surface area contributed by atoms with E-state index in [9.17, 15) is 0 Å². The van der Waals surface area contributed by atoms with Crippen LogP contribution in [0, 0.1) is 0 Å². The van der Waals surface area contributed by atoms with Gasteiger partial charge < -0.3 is 15.4 Å². The van der Waals surface area contributed by atoms with Gasteiger partial charge in [0.25, 0.3) is 0 Å². The van der Waals surface area contributed by atoms with Crippen LogP contribution in [0.4, 0.5) is 11.8 Å². The molecular weight excluding hydrogens is 216 g/mol. The summed E-state index contributed by atoms with van der Waals surface area (Å²) < 4.78 is 5.72. The van der Waals surface area contributed by atoms with E-state index in [1.807, 2.05) is 13.0 Å². The minimum absolute atomic E-state index is 0.0523. The van der Waals surface area contributed by atoms with Gasteiger partial charge in [0.15, 0.2) is 0 Å². The Morgan fingerprint density at radius 2 is 2.35 bits per heavy atom. The quantitative estimate of drug-likeness (QED) is 0.817. The number of hydrogen-bond acceptors (Lipinski definition) is 5. The van der Waals surface area contributed by atoms with Gasteiger partial charge in [-0.15, -0.1) is 0 Å². The van der Waals surface area contributed by atoms with Gasteiger partial charge >= 0.3 is 0 Å². The van der Waals surface area contributed by atoms with E-state index in [2.05, 4.69) is 27.5 Å². The van der Waals surface area contributed by atoms with Crippen LogP contribution in [-0.4, -0.2) is 35.3 Å². The van der Waals surface area contributed by atoms with Crippen molar-refractivity contribution in [2.75, 3.05) is 30.3 Å². The zero-order valence-corrected chi connectivity index (χ0v) is 10.5. The molecule has 1 aliphatic heterocycles. The molecule has 0 radical (unpaired) electrons. The number of aromatic nitrogens is 2. The van der Waals surface area contributed by atoms with E-state index < -0.39 is 0 Å². The lowest BCUT2D eigenvalue weighted by Crippen LogP contribution is -2.32. The molecule has 0 aromatic carbocycles. The predicted molar refractivity (Wildman–Crippen MR) is 68.3 cm³/mol. The molecule has 2 heterocycles. The maximum Gasteiger partial charge on any atom is 0.224 e. The largest absolute Gasteiger partial charge is 0.373 e. The van der Waals surface area contributed by atoms with Gasteiger partial charge in [0, 0.05) is 25.9 Å². The van der Waals surface area contributed by atoms with Crippen molar-refractivity contribution in [3.8, 4) is 0 Å². The summed E-state index contributed by atoms with van der Waals surface area (Å²) in [5.74, 6) is 1.50. The number of nitrogens with one attached hydrogen (secondary N) is 2. The van der Waals surface area contributed by atoms with Crippen LogP contribution in [0.1, 0.15) is 26.7 Å². The molecule has 1 aromatic heterocycles. The zero-order valence-electron chi connectivity index (χ0n) is 10.5. The minimum Gasteiger partial charge on any atom is -0.373 e. The van der Waals surface area contributed by atoms with Crippen molar-refractivity contribution in [1.29, 1.82) is 0 Å². The van der Waals surface area contributed by atoms with Gasteiger partial charge in [-0.2, -0.15) is 4.98 Å². The normalized spacial score (nSPS) is 23.6. The van der Waals surface area contributed by atoms with Crippen molar-refractivity contribution in [3.05, 3.63) is 12.3 Å². The van der Waals surface area contributed by atoms with E-state index >= 15 is 0 Å². The van der Waals surface area contributed by atoms with Crippen LogP contribution in [0.5, 0.6) is 0 Å². The molecule has 94 valence electrons. The second-order valence-corrected chi connectivity index (χ2v) is 4.55. The van der Waals surface area contributed by atoms with Crippen LogP contribution in [0.3, 0.4) is 0 Å². The van der Waals surface area contributed by atoms with Crippen molar-refractivity contribution in [3.63, 3.8) is 0 Å². The van der Waals surface area contributed by atoms with Crippen molar-refractivity contribution < 1.29 is 4.74 Å². The fourth-order valence-electron chi connectivity index (χ4n) is 1.95. The summed E-state index contributed by atoms with van der Waals surface area (Å²) >= 11 is 0. The molecule has 0 spiro atoms. The SMILES string of the molecule is CCNc1nccc(NCC2(C)CCCO2)n1. The third-order valence-corrected chi connectivity index (χ3v) is 2.93. The number of hydrogen-bond donors (Lipinski definition) is 2. The Kier molecular flexibility index (Phi) is 3.78. The molecule has 1 aromatic rings. The summed E-state index contributed by atoms with van der Waals surface area (Å²) in [6.45, 7) is 6.64. The summed E-state index contributed by atoms with van der Waals surface area (Å²) in [6, 6.07) is 1.87. The summed E-state index contributed by atoms with van der Waals surface area (Å²) in [6.07, 6.45) is 4.00. The summed E-state index contributed by atoms with van der Waals surface area (Å²) in [7, 11) is 0. The Bertz CT molecular complexity index is 363. The van der Waals surface area contributed by atoms with Crippen molar-refractivity contribution in [2.45, 2.75) is 32.3 Å². The van der Waals surface area contributed by atoms with Crippen LogP contribution >= 0.6 is 0 Å². The van der Waals surface area contributed by atoms with Gasteiger partial charge in [-0.25, -0.2) is 4.98 Å². The molecule has 0 bridgehead atoms. The van der Waals surface area contributed by atoms with Crippen molar-refractivity contribution in [1.82, 2.24) is 9.97 Å². The number of nitrogens with zero attached hydrogens (tertiary/aromatic N) is 2. The lowest BCUT2D eigenvalue weighted by atomic mass is 10.0. The average Bonchev–Trinajstić information content (AvgIpc) is 2.76. The highest BCUT2D eigenvalue weighted by molar-refractivity contribution is 5.39. The van der Waals surface area contributed by atoms with Crippen molar-refractivity contribution in [2.24, 2.45) is 0 Å². The van der Waals surface area contributed by atoms with Crippen LogP contribution in [0.2, 0.25) is 0 Å². The molecule has 0 saturated carbocycles. The van der Waals surface area contributed by atoms with Crippen LogP contribution in [0.25, 0.3) is 0 Å². The molecule has 0 aliphatic carbocycles. The first kappa shape index (κ1) is 12.1. The lowest BCUT2D eigenvalue weighted by molar-refractivity contribution is 0.0315. The lowest BCUT2D eigenvalue weighted by Gasteiger charge is -2.23. The molecule has 0 amide bonds. The van der Waals surface area contributed by atoms with Gasteiger partial charge in [0.1, 0.15) is 5.82 Å².